The second-order valence-corrected chi connectivity index (χ2v) is 8.69. The second kappa shape index (κ2) is 10.9. The van der Waals surface area contributed by atoms with Crippen LogP contribution >= 0.6 is 0 Å². The van der Waals surface area contributed by atoms with Crippen LogP contribution in [-0.2, 0) is 4.74 Å². The molecule has 4 rings (SSSR count). The molecular weight excluding hydrogens is 434 g/mol. The number of hydrogen-bond acceptors (Lipinski definition) is 6. The standard InChI is InChI=1S/C26H33N3O5/c1-16-23(17-6-4-7-19(12-17)32-3)21-13-18(14-22(24(21)34-16)26(31)27-2)25(30)29-9-5-8-20-15-28-10-11-33-20/h4,6-7,12-14,16,20,23,28H,5,8-11,15H2,1-3H3,(H,27,31)(H,29,30)/t16-,20-,23+/m1/s1. The molecule has 8 nitrogen and oxygen atoms in total. The first-order chi connectivity index (χ1) is 16.5. The van der Waals surface area contributed by atoms with Gasteiger partial charge in [0.1, 0.15) is 17.6 Å². The van der Waals surface area contributed by atoms with Crippen LogP contribution in [0.4, 0.5) is 0 Å². The van der Waals surface area contributed by atoms with E-state index in [9.17, 15) is 9.59 Å². The summed E-state index contributed by atoms with van der Waals surface area (Å²) in [7, 11) is 3.20. The molecule has 0 radical (unpaired) electrons. The minimum atomic E-state index is -0.286. The number of benzene rings is 2. The van der Waals surface area contributed by atoms with Crippen molar-refractivity contribution in [2.45, 2.75) is 37.9 Å². The molecule has 1 saturated heterocycles. The molecule has 0 aliphatic carbocycles. The van der Waals surface area contributed by atoms with E-state index < -0.39 is 0 Å². The number of methoxy groups -OCH3 is 1. The minimum absolute atomic E-state index is 0.128. The Morgan fingerprint density at radius 3 is 2.79 bits per heavy atom. The summed E-state index contributed by atoms with van der Waals surface area (Å²) >= 11 is 0. The van der Waals surface area contributed by atoms with Gasteiger partial charge >= 0.3 is 0 Å². The fourth-order valence-electron chi connectivity index (χ4n) is 4.68. The number of fused-ring (bicyclic) bond motifs is 1. The molecule has 1 fully saturated rings. The maximum Gasteiger partial charge on any atom is 0.254 e. The van der Waals surface area contributed by atoms with E-state index >= 15 is 0 Å². The highest BCUT2D eigenvalue weighted by atomic mass is 16.5. The average molecular weight is 468 g/mol. The maximum atomic E-state index is 13.0. The Labute approximate surface area is 200 Å². The number of carbonyl (C=O) groups is 2. The molecule has 182 valence electrons. The SMILES string of the molecule is CNC(=O)c1cc(C(=O)NCCC[C@@H]2CNCCO2)cc2c1O[C@H](C)[C@H]2c1cccc(OC)c1. The van der Waals surface area contributed by atoms with E-state index in [4.69, 9.17) is 14.2 Å². The zero-order valence-electron chi connectivity index (χ0n) is 20.0. The van der Waals surface area contributed by atoms with Crippen molar-refractivity contribution in [3.05, 3.63) is 58.7 Å². The first kappa shape index (κ1) is 24.0. The Balaban J connectivity index is 1.56. The van der Waals surface area contributed by atoms with Crippen LogP contribution in [-0.4, -0.2) is 64.4 Å². The first-order valence-electron chi connectivity index (χ1n) is 11.8. The minimum Gasteiger partial charge on any atom is -0.497 e. The van der Waals surface area contributed by atoms with Gasteiger partial charge in [-0.2, -0.15) is 0 Å². The molecule has 2 aliphatic rings. The first-order valence-corrected chi connectivity index (χ1v) is 11.8. The Hall–Kier alpha value is -3.10. The van der Waals surface area contributed by atoms with Gasteiger partial charge in [0, 0.05) is 43.7 Å². The summed E-state index contributed by atoms with van der Waals surface area (Å²) < 4.78 is 17.3. The van der Waals surface area contributed by atoms with Gasteiger partial charge < -0.3 is 30.2 Å². The summed E-state index contributed by atoms with van der Waals surface area (Å²) in [5, 5.41) is 8.97. The van der Waals surface area contributed by atoms with Gasteiger partial charge in [0.25, 0.3) is 11.8 Å². The van der Waals surface area contributed by atoms with E-state index in [0.717, 1.165) is 49.4 Å². The molecule has 2 aliphatic heterocycles. The van der Waals surface area contributed by atoms with E-state index in [-0.39, 0.29) is 29.9 Å². The Bertz CT molecular complexity index is 1040. The van der Waals surface area contributed by atoms with Crippen LogP contribution in [0.1, 0.15) is 57.5 Å². The monoisotopic (exact) mass is 467 g/mol. The molecule has 3 N–H and O–H groups in total. The van der Waals surface area contributed by atoms with Crippen molar-refractivity contribution in [2.75, 3.05) is 40.4 Å². The van der Waals surface area contributed by atoms with Crippen LogP contribution < -0.4 is 25.4 Å². The molecule has 0 bridgehead atoms. The largest absolute Gasteiger partial charge is 0.497 e. The lowest BCUT2D eigenvalue weighted by Gasteiger charge is -2.23. The van der Waals surface area contributed by atoms with Crippen molar-refractivity contribution in [1.29, 1.82) is 0 Å². The van der Waals surface area contributed by atoms with Gasteiger partial charge in [0.05, 0.1) is 25.4 Å². The highest BCUT2D eigenvalue weighted by Crippen LogP contribution is 2.45. The molecular formula is C26H33N3O5. The molecule has 2 amide bonds. The van der Waals surface area contributed by atoms with E-state index in [0.29, 0.717) is 23.4 Å². The Morgan fingerprint density at radius 2 is 2.06 bits per heavy atom. The normalized spacial score (nSPS) is 21.3. The maximum absolute atomic E-state index is 13.0. The van der Waals surface area contributed by atoms with Crippen LogP contribution in [0.15, 0.2) is 36.4 Å². The third kappa shape index (κ3) is 5.18. The van der Waals surface area contributed by atoms with Crippen molar-refractivity contribution in [3.63, 3.8) is 0 Å². The zero-order chi connectivity index (χ0) is 24.1. The number of amides is 2. The van der Waals surface area contributed by atoms with Crippen LogP contribution in [0.2, 0.25) is 0 Å². The molecule has 2 aromatic carbocycles. The van der Waals surface area contributed by atoms with E-state index in [1.165, 1.54) is 0 Å². The average Bonchev–Trinajstić information content (AvgIpc) is 3.21. The van der Waals surface area contributed by atoms with E-state index in [1.54, 1.807) is 20.2 Å². The van der Waals surface area contributed by atoms with E-state index in [1.807, 2.05) is 37.3 Å². The van der Waals surface area contributed by atoms with Gasteiger partial charge in [0.2, 0.25) is 0 Å². The number of rotatable bonds is 8. The molecule has 2 heterocycles. The van der Waals surface area contributed by atoms with Gasteiger partial charge in [-0.15, -0.1) is 0 Å². The molecule has 0 spiro atoms. The second-order valence-electron chi connectivity index (χ2n) is 8.69. The lowest BCUT2D eigenvalue weighted by molar-refractivity contribution is 0.0225. The molecule has 3 atom stereocenters. The molecule has 8 heteroatoms. The van der Waals surface area contributed by atoms with Crippen LogP contribution in [0.3, 0.4) is 0 Å². The highest BCUT2D eigenvalue weighted by molar-refractivity contribution is 6.02. The topological polar surface area (TPSA) is 97.9 Å². The summed E-state index contributed by atoms with van der Waals surface area (Å²) in [6.07, 6.45) is 1.68. The van der Waals surface area contributed by atoms with Crippen LogP contribution in [0.25, 0.3) is 0 Å². The third-order valence-electron chi connectivity index (χ3n) is 6.41. The molecule has 34 heavy (non-hydrogen) atoms. The Morgan fingerprint density at radius 1 is 1.21 bits per heavy atom. The van der Waals surface area contributed by atoms with Crippen molar-refractivity contribution in [1.82, 2.24) is 16.0 Å². The summed E-state index contributed by atoms with van der Waals surface area (Å²) in [5.74, 6) is 0.650. The van der Waals surface area contributed by atoms with Gasteiger partial charge in [-0.25, -0.2) is 0 Å². The number of nitrogens with one attached hydrogen (secondary N) is 3. The summed E-state index contributed by atoms with van der Waals surface area (Å²) in [6.45, 7) is 4.97. The highest BCUT2D eigenvalue weighted by Gasteiger charge is 2.36. The number of ether oxygens (including phenoxy) is 3. The summed E-state index contributed by atoms with van der Waals surface area (Å²) in [5.41, 5.74) is 2.64. The van der Waals surface area contributed by atoms with Crippen molar-refractivity contribution >= 4 is 11.8 Å². The van der Waals surface area contributed by atoms with Gasteiger partial charge in [-0.3, -0.25) is 9.59 Å². The summed E-state index contributed by atoms with van der Waals surface area (Å²) in [4.78, 5) is 25.7. The summed E-state index contributed by atoms with van der Waals surface area (Å²) in [6, 6.07) is 11.3. The van der Waals surface area contributed by atoms with Gasteiger partial charge in [-0.1, -0.05) is 12.1 Å². The van der Waals surface area contributed by atoms with Gasteiger partial charge in [-0.05, 0) is 49.6 Å². The molecule has 0 aromatic heterocycles. The van der Waals surface area contributed by atoms with Gasteiger partial charge in [0.15, 0.2) is 0 Å². The molecule has 2 aromatic rings. The lowest BCUT2D eigenvalue weighted by atomic mass is 9.86. The number of carbonyl (C=O) groups excluding carboxylic acids is 2. The fraction of sp³-hybridized carbons (Fsp3) is 0.462. The van der Waals surface area contributed by atoms with Crippen LogP contribution in [0, 0.1) is 0 Å². The predicted octanol–water partition coefficient (Wildman–Crippen LogP) is 2.47. The molecule has 0 saturated carbocycles. The predicted molar refractivity (Wildman–Crippen MR) is 129 cm³/mol. The fourth-order valence-corrected chi connectivity index (χ4v) is 4.68. The Kier molecular flexibility index (Phi) is 7.70. The van der Waals surface area contributed by atoms with Crippen molar-refractivity contribution in [3.8, 4) is 11.5 Å². The van der Waals surface area contributed by atoms with Crippen molar-refractivity contribution < 1.29 is 23.8 Å². The zero-order valence-corrected chi connectivity index (χ0v) is 20.0. The number of hydrogen-bond donors (Lipinski definition) is 3. The van der Waals surface area contributed by atoms with Crippen molar-refractivity contribution in [2.24, 2.45) is 0 Å². The quantitative estimate of drug-likeness (QED) is 0.516. The smallest absolute Gasteiger partial charge is 0.254 e. The number of morpholine rings is 1. The van der Waals surface area contributed by atoms with E-state index in [2.05, 4.69) is 16.0 Å². The molecule has 0 unspecified atom stereocenters. The lowest BCUT2D eigenvalue weighted by Crippen LogP contribution is -2.38. The third-order valence-corrected chi connectivity index (χ3v) is 6.41. The van der Waals surface area contributed by atoms with Crippen LogP contribution in [0.5, 0.6) is 11.5 Å².